The van der Waals surface area contributed by atoms with Crippen molar-refractivity contribution < 1.29 is 29.3 Å². The molecule has 25 heavy (non-hydrogen) atoms. The van der Waals surface area contributed by atoms with Crippen molar-refractivity contribution in [2.75, 3.05) is 0 Å². The molecule has 2 N–H and O–H groups in total. The summed E-state index contributed by atoms with van der Waals surface area (Å²) < 4.78 is 5.58. The van der Waals surface area contributed by atoms with E-state index in [1.54, 1.807) is 25.2 Å². The molecule has 0 saturated carbocycles. The molecule has 0 bridgehead atoms. The van der Waals surface area contributed by atoms with E-state index in [0.29, 0.717) is 11.5 Å². The molecule has 1 aliphatic carbocycles. The van der Waals surface area contributed by atoms with Crippen LogP contribution >= 0.6 is 0 Å². The summed E-state index contributed by atoms with van der Waals surface area (Å²) in [6.07, 6.45) is 7.61. The Morgan fingerprint density at radius 3 is 2.28 bits per heavy atom. The molecule has 0 spiro atoms. The van der Waals surface area contributed by atoms with E-state index in [1.165, 1.54) is 0 Å². The summed E-state index contributed by atoms with van der Waals surface area (Å²) in [5, 5.41) is 16.7. The minimum atomic E-state index is -1.03. The van der Waals surface area contributed by atoms with Crippen LogP contribution in [0.25, 0.3) is 0 Å². The summed E-state index contributed by atoms with van der Waals surface area (Å²) >= 11 is 0. The van der Waals surface area contributed by atoms with Gasteiger partial charge in [0.25, 0.3) is 5.97 Å². The number of ether oxygens (including phenoxy) is 1. The number of aliphatic carboxylic acids is 2. The minimum Gasteiger partial charge on any atom is -0.481 e. The van der Waals surface area contributed by atoms with Gasteiger partial charge >= 0.3 is 11.9 Å². The number of carboxylic acids is 2. The SMILES string of the molecule is CC(=O)O.CCCC(CC(C)C)OC(=O)C1=CC=CC(C)(C(=O)O)C1. The Labute approximate surface area is 149 Å². The highest BCUT2D eigenvalue weighted by Gasteiger charge is 2.35. The third-order valence-electron chi connectivity index (χ3n) is 3.69. The summed E-state index contributed by atoms with van der Waals surface area (Å²) in [5.41, 5.74) is -0.589. The van der Waals surface area contributed by atoms with Gasteiger partial charge < -0.3 is 14.9 Å². The molecule has 0 amide bonds. The lowest BCUT2D eigenvalue weighted by molar-refractivity contribution is -0.147. The van der Waals surface area contributed by atoms with Crippen LogP contribution < -0.4 is 0 Å². The molecule has 1 rings (SSSR count). The molecular weight excluding hydrogens is 324 g/mol. The maximum atomic E-state index is 12.3. The standard InChI is InChI=1S/C17H26O4.C2H4O2/c1-5-7-14(10-12(2)3)21-15(18)13-8-6-9-17(4,11-13)16(19)20;1-2(3)4/h6,8-9,12,14H,5,7,10-11H2,1-4H3,(H,19,20);1H3,(H,3,4). The van der Waals surface area contributed by atoms with Crippen LogP contribution in [-0.2, 0) is 19.1 Å². The number of esters is 1. The predicted molar refractivity (Wildman–Crippen MR) is 95.1 cm³/mol. The molecule has 0 aromatic rings. The average molecular weight is 354 g/mol. The Morgan fingerprint density at radius 1 is 1.28 bits per heavy atom. The fourth-order valence-corrected chi connectivity index (χ4v) is 2.48. The van der Waals surface area contributed by atoms with E-state index < -0.39 is 17.4 Å². The lowest BCUT2D eigenvalue weighted by Gasteiger charge is -2.26. The molecule has 2 unspecified atom stereocenters. The van der Waals surface area contributed by atoms with Gasteiger partial charge in [-0.2, -0.15) is 0 Å². The number of carbonyl (C=O) groups is 3. The molecule has 0 saturated heterocycles. The number of hydrogen-bond donors (Lipinski definition) is 2. The van der Waals surface area contributed by atoms with Gasteiger partial charge in [0.2, 0.25) is 0 Å². The quantitative estimate of drug-likeness (QED) is 0.674. The zero-order valence-corrected chi connectivity index (χ0v) is 15.7. The van der Waals surface area contributed by atoms with Crippen molar-refractivity contribution >= 4 is 17.9 Å². The van der Waals surface area contributed by atoms with Crippen molar-refractivity contribution in [2.45, 2.75) is 66.4 Å². The number of carbonyl (C=O) groups excluding carboxylic acids is 1. The second-order valence-corrected chi connectivity index (χ2v) is 6.91. The summed E-state index contributed by atoms with van der Waals surface area (Å²) in [6, 6.07) is 0. The van der Waals surface area contributed by atoms with E-state index in [1.807, 2.05) is 0 Å². The molecule has 6 nitrogen and oxygen atoms in total. The second-order valence-electron chi connectivity index (χ2n) is 6.91. The zero-order valence-electron chi connectivity index (χ0n) is 15.7. The van der Waals surface area contributed by atoms with Gasteiger partial charge in [-0.3, -0.25) is 9.59 Å². The number of carboxylic acid groups (broad SMARTS) is 2. The fraction of sp³-hybridized carbons (Fsp3) is 0.632. The molecule has 0 heterocycles. The van der Waals surface area contributed by atoms with Gasteiger partial charge in [-0.05, 0) is 32.1 Å². The second kappa shape index (κ2) is 10.7. The molecule has 0 radical (unpaired) electrons. The van der Waals surface area contributed by atoms with Crippen molar-refractivity contribution in [3.05, 3.63) is 23.8 Å². The first-order valence-corrected chi connectivity index (χ1v) is 8.54. The summed E-state index contributed by atoms with van der Waals surface area (Å²) in [7, 11) is 0. The maximum absolute atomic E-state index is 12.3. The smallest absolute Gasteiger partial charge is 0.334 e. The third kappa shape index (κ3) is 9.08. The van der Waals surface area contributed by atoms with E-state index >= 15 is 0 Å². The monoisotopic (exact) mass is 354 g/mol. The molecule has 0 fully saturated rings. The van der Waals surface area contributed by atoms with Crippen molar-refractivity contribution in [1.82, 2.24) is 0 Å². The first kappa shape index (κ1) is 22.9. The molecule has 2 atom stereocenters. The number of allylic oxidation sites excluding steroid dienone is 2. The van der Waals surface area contributed by atoms with Crippen LogP contribution in [0, 0.1) is 11.3 Å². The van der Waals surface area contributed by atoms with E-state index in [2.05, 4.69) is 20.8 Å². The van der Waals surface area contributed by atoms with Gasteiger partial charge in [-0.25, -0.2) is 4.79 Å². The van der Waals surface area contributed by atoms with Gasteiger partial charge in [0.05, 0.1) is 5.41 Å². The Hall–Kier alpha value is -2.11. The normalized spacial score (nSPS) is 20.2. The van der Waals surface area contributed by atoms with Crippen molar-refractivity contribution in [2.24, 2.45) is 11.3 Å². The highest BCUT2D eigenvalue weighted by atomic mass is 16.5. The van der Waals surface area contributed by atoms with Crippen LogP contribution in [0.3, 0.4) is 0 Å². The zero-order chi connectivity index (χ0) is 19.6. The highest BCUT2D eigenvalue weighted by Crippen LogP contribution is 2.32. The Morgan fingerprint density at radius 2 is 1.84 bits per heavy atom. The molecular formula is C19H30O6. The van der Waals surface area contributed by atoms with E-state index in [0.717, 1.165) is 26.2 Å². The van der Waals surface area contributed by atoms with Crippen LogP contribution in [-0.4, -0.2) is 34.2 Å². The van der Waals surface area contributed by atoms with Crippen LogP contribution in [0.15, 0.2) is 23.8 Å². The number of rotatable bonds is 7. The molecule has 1 aliphatic rings. The number of hydrogen-bond acceptors (Lipinski definition) is 4. The van der Waals surface area contributed by atoms with Crippen LogP contribution in [0.2, 0.25) is 0 Å². The largest absolute Gasteiger partial charge is 0.481 e. The molecule has 0 aromatic heterocycles. The van der Waals surface area contributed by atoms with E-state index in [4.69, 9.17) is 14.6 Å². The average Bonchev–Trinajstić information content (AvgIpc) is 2.46. The Kier molecular flexibility index (Phi) is 9.79. The summed E-state index contributed by atoms with van der Waals surface area (Å²) in [5.74, 6) is -1.69. The third-order valence-corrected chi connectivity index (χ3v) is 3.69. The predicted octanol–water partition coefficient (Wildman–Crippen LogP) is 3.81. The molecule has 142 valence electrons. The van der Waals surface area contributed by atoms with E-state index in [9.17, 15) is 14.7 Å². The molecule has 0 aromatic carbocycles. The molecule has 6 heteroatoms. The lowest BCUT2D eigenvalue weighted by Crippen LogP contribution is -2.30. The Bertz CT molecular complexity index is 528. The van der Waals surface area contributed by atoms with Gasteiger partial charge in [-0.1, -0.05) is 45.4 Å². The molecule has 0 aliphatic heterocycles. The van der Waals surface area contributed by atoms with Gasteiger partial charge in [0.1, 0.15) is 6.10 Å². The topological polar surface area (TPSA) is 101 Å². The van der Waals surface area contributed by atoms with Crippen LogP contribution in [0.1, 0.15) is 60.3 Å². The van der Waals surface area contributed by atoms with E-state index in [-0.39, 0.29) is 18.5 Å². The van der Waals surface area contributed by atoms with Gasteiger partial charge in [-0.15, -0.1) is 0 Å². The van der Waals surface area contributed by atoms with Crippen LogP contribution in [0.4, 0.5) is 0 Å². The van der Waals surface area contributed by atoms with Gasteiger partial charge in [0.15, 0.2) is 0 Å². The van der Waals surface area contributed by atoms with Crippen molar-refractivity contribution in [3.63, 3.8) is 0 Å². The fourth-order valence-electron chi connectivity index (χ4n) is 2.48. The Balaban J connectivity index is 0.00000129. The van der Waals surface area contributed by atoms with Crippen LogP contribution in [0.5, 0.6) is 0 Å². The maximum Gasteiger partial charge on any atom is 0.334 e. The minimum absolute atomic E-state index is 0.0922. The lowest BCUT2D eigenvalue weighted by atomic mass is 9.80. The highest BCUT2D eigenvalue weighted by molar-refractivity contribution is 5.91. The first-order valence-electron chi connectivity index (χ1n) is 8.54. The summed E-state index contributed by atoms with van der Waals surface area (Å²) in [4.78, 5) is 32.5. The van der Waals surface area contributed by atoms with Crippen molar-refractivity contribution in [1.29, 1.82) is 0 Å². The summed E-state index contributed by atoms with van der Waals surface area (Å²) in [6.45, 7) is 8.95. The van der Waals surface area contributed by atoms with Gasteiger partial charge in [0, 0.05) is 12.5 Å². The van der Waals surface area contributed by atoms with Crippen molar-refractivity contribution in [3.8, 4) is 0 Å². The first-order chi connectivity index (χ1) is 11.5.